The molecule has 3 aromatic rings. The molecular formula is C29H37N5O6S2. The number of rotatable bonds is 9. The zero-order valence-electron chi connectivity index (χ0n) is 24.0. The summed E-state index contributed by atoms with van der Waals surface area (Å²) < 4.78 is 39.5. The average molecular weight is 616 g/mol. The van der Waals surface area contributed by atoms with Gasteiger partial charge in [0.1, 0.15) is 0 Å². The van der Waals surface area contributed by atoms with Crippen LogP contribution in [0.25, 0.3) is 10.2 Å². The predicted molar refractivity (Wildman–Crippen MR) is 162 cm³/mol. The van der Waals surface area contributed by atoms with Crippen LogP contribution in [-0.2, 0) is 19.5 Å². The molecule has 2 fully saturated rings. The molecule has 0 saturated carbocycles. The molecule has 226 valence electrons. The molecule has 13 heteroatoms. The largest absolute Gasteiger partial charge is 0.450 e. The summed E-state index contributed by atoms with van der Waals surface area (Å²) in [6.07, 6.45) is 0.334. The van der Waals surface area contributed by atoms with Crippen LogP contribution in [-0.4, -0.2) is 112 Å². The summed E-state index contributed by atoms with van der Waals surface area (Å²) in [5, 5.41) is 0.627. The number of morpholine rings is 1. The first-order chi connectivity index (χ1) is 20.3. The van der Waals surface area contributed by atoms with E-state index < -0.39 is 16.1 Å². The SMILES string of the molecule is CCOC(=O)N1CCN(S(=O)(=O)c2ccc(C(=O)N(CCCN3CCOCC3)c3nc4c(C)cccc4s3)cc2)CC1. The minimum absolute atomic E-state index is 0.109. The fraction of sp³-hybridized carbons (Fsp3) is 0.483. The summed E-state index contributed by atoms with van der Waals surface area (Å²) >= 11 is 1.48. The lowest BCUT2D eigenvalue weighted by atomic mass is 10.2. The number of hydrogen-bond acceptors (Lipinski definition) is 9. The first-order valence-electron chi connectivity index (χ1n) is 14.3. The maximum atomic E-state index is 13.9. The Morgan fingerprint density at radius 1 is 1.02 bits per heavy atom. The predicted octanol–water partition coefficient (Wildman–Crippen LogP) is 3.44. The molecule has 2 aliphatic heterocycles. The molecule has 5 rings (SSSR count). The highest BCUT2D eigenvalue weighted by molar-refractivity contribution is 7.89. The van der Waals surface area contributed by atoms with Crippen molar-refractivity contribution in [1.82, 2.24) is 19.1 Å². The van der Waals surface area contributed by atoms with Gasteiger partial charge in [-0.2, -0.15) is 4.31 Å². The van der Waals surface area contributed by atoms with Gasteiger partial charge in [-0.3, -0.25) is 14.6 Å². The lowest BCUT2D eigenvalue weighted by Crippen LogP contribution is -2.50. The smallest absolute Gasteiger partial charge is 0.409 e. The Morgan fingerprint density at radius 3 is 2.40 bits per heavy atom. The molecule has 3 heterocycles. The van der Waals surface area contributed by atoms with Crippen molar-refractivity contribution in [1.29, 1.82) is 0 Å². The molecule has 2 aromatic carbocycles. The lowest BCUT2D eigenvalue weighted by Gasteiger charge is -2.33. The number of anilines is 1. The number of sulfonamides is 1. The van der Waals surface area contributed by atoms with Crippen molar-refractivity contribution < 1.29 is 27.5 Å². The van der Waals surface area contributed by atoms with Crippen LogP contribution in [0, 0.1) is 6.92 Å². The molecule has 0 bridgehead atoms. The van der Waals surface area contributed by atoms with Crippen LogP contribution in [0.15, 0.2) is 47.4 Å². The van der Waals surface area contributed by atoms with Gasteiger partial charge in [0, 0.05) is 57.9 Å². The van der Waals surface area contributed by atoms with Gasteiger partial charge in [0.15, 0.2) is 5.13 Å². The van der Waals surface area contributed by atoms with Crippen molar-refractivity contribution in [3.63, 3.8) is 0 Å². The van der Waals surface area contributed by atoms with Crippen molar-refractivity contribution >= 4 is 48.7 Å². The Kier molecular flexibility index (Phi) is 9.74. The van der Waals surface area contributed by atoms with E-state index in [4.69, 9.17) is 14.5 Å². The molecule has 0 N–H and O–H groups in total. The molecule has 0 atom stereocenters. The summed E-state index contributed by atoms with van der Waals surface area (Å²) in [4.78, 5) is 36.3. The molecule has 0 spiro atoms. The van der Waals surface area contributed by atoms with E-state index in [-0.39, 0.29) is 43.6 Å². The van der Waals surface area contributed by atoms with Gasteiger partial charge >= 0.3 is 6.09 Å². The summed E-state index contributed by atoms with van der Waals surface area (Å²) in [5.74, 6) is -0.222. The van der Waals surface area contributed by atoms with Gasteiger partial charge in [-0.1, -0.05) is 23.5 Å². The number of carbonyl (C=O) groups excluding carboxylic acids is 2. The number of thiazole rings is 1. The molecule has 42 heavy (non-hydrogen) atoms. The summed E-state index contributed by atoms with van der Waals surface area (Å²) in [6.45, 7) is 9.40. The van der Waals surface area contributed by atoms with Crippen LogP contribution in [0.1, 0.15) is 29.3 Å². The Hall–Kier alpha value is -3.10. The highest BCUT2D eigenvalue weighted by atomic mass is 32.2. The molecule has 2 saturated heterocycles. The molecule has 11 nitrogen and oxygen atoms in total. The van der Waals surface area contributed by atoms with Gasteiger partial charge < -0.3 is 14.4 Å². The summed E-state index contributed by atoms with van der Waals surface area (Å²) in [7, 11) is -3.78. The van der Waals surface area contributed by atoms with Crippen molar-refractivity contribution in [3.8, 4) is 0 Å². The van der Waals surface area contributed by atoms with E-state index in [1.165, 1.54) is 32.7 Å². The standard InChI is InChI=1S/C29H37N5O6S2/c1-3-40-29(36)32-14-16-33(17-15-32)42(37,38)24-10-8-23(9-11-24)27(35)34(13-5-12-31-18-20-39-21-19-31)28-30-26-22(2)6-4-7-25(26)41-28/h4,6-11H,3,5,12-21H2,1-2H3. The molecule has 2 amide bonds. The first-order valence-corrected chi connectivity index (χ1v) is 16.5. The minimum Gasteiger partial charge on any atom is -0.450 e. The van der Waals surface area contributed by atoms with Crippen LogP contribution >= 0.6 is 11.3 Å². The van der Waals surface area contributed by atoms with E-state index in [1.54, 1.807) is 24.0 Å². The monoisotopic (exact) mass is 615 g/mol. The second-order valence-corrected chi connectivity index (χ2v) is 13.2. The Balaban J connectivity index is 1.31. The van der Waals surface area contributed by atoms with E-state index in [1.807, 2.05) is 25.1 Å². The van der Waals surface area contributed by atoms with Crippen LogP contribution in [0.5, 0.6) is 0 Å². The summed E-state index contributed by atoms with van der Waals surface area (Å²) in [6, 6.07) is 12.1. The fourth-order valence-corrected chi connectivity index (χ4v) is 7.64. The highest BCUT2D eigenvalue weighted by Crippen LogP contribution is 2.32. The van der Waals surface area contributed by atoms with E-state index in [2.05, 4.69) is 4.90 Å². The zero-order chi connectivity index (χ0) is 29.7. The molecule has 0 radical (unpaired) electrons. The van der Waals surface area contributed by atoms with E-state index >= 15 is 0 Å². The van der Waals surface area contributed by atoms with Crippen molar-refractivity contribution in [2.75, 3.05) is 77.1 Å². The molecule has 0 aliphatic carbocycles. The van der Waals surface area contributed by atoms with Gasteiger partial charge in [-0.05, 0) is 56.2 Å². The Morgan fingerprint density at radius 2 is 1.74 bits per heavy atom. The number of amides is 2. The lowest BCUT2D eigenvalue weighted by molar-refractivity contribution is 0.0376. The number of fused-ring (bicyclic) bond motifs is 1. The van der Waals surface area contributed by atoms with E-state index in [0.29, 0.717) is 17.2 Å². The minimum atomic E-state index is -3.78. The van der Waals surface area contributed by atoms with Crippen molar-refractivity contribution in [2.45, 2.75) is 25.2 Å². The number of nitrogens with zero attached hydrogens (tertiary/aromatic N) is 5. The Labute approximate surface area is 250 Å². The third-order valence-corrected chi connectivity index (χ3v) is 10.5. The van der Waals surface area contributed by atoms with Gasteiger partial charge in [-0.15, -0.1) is 0 Å². The number of aromatic nitrogens is 1. The van der Waals surface area contributed by atoms with Crippen LogP contribution < -0.4 is 4.90 Å². The van der Waals surface area contributed by atoms with Crippen LogP contribution in [0.2, 0.25) is 0 Å². The molecule has 2 aliphatic rings. The third-order valence-electron chi connectivity index (χ3n) is 7.55. The summed E-state index contributed by atoms with van der Waals surface area (Å²) in [5.41, 5.74) is 2.32. The fourth-order valence-electron chi connectivity index (χ4n) is 5.15. The number of benzene rings is 2. The van der Waals surface area contributed by atoms with Gasteiger partial charge in [-0.25, -0.2) is 18.2 Å². The zero-order valence-corrected chi connectivity index (χ0v) is 25.7. The number of ether oxygens (including phenoxy) is 2. The quantitative estimate of drug-likeness (QED) is 0.360. The highest BCUT2D eigenvalue weighted by Gasteiger charge is 2.31. The number of para-hydroxylation sites is 1. The maximum absolute atomic E-state index is 13.9. The number of piperazine rings is 1. The second-order valence-electron chi connectivity index (χ2n) is 10.3. The first kappa shape index (κ1) is 30.4. The normalized spacial score (nSPS) is 17.0. The maximum Gasteiger partial charge on any atom is 0.409 e. The number of hydrogen-bond donors (Lipinski definition) is 0. The van der Waals surface area contributed by atoms with Gasteiger partial charge in [0.05, 0.1) is 34.9 Å². The van der Waals surface area contributed by atoms with Crippen molar-refractivity contribution in [3.05, 3.63) is 53.6 Å². The van der Waals surface area contributed by atoms with Crippen molar-refractivity contribution in [2.24, 2.45) is 0 Å². The van der Waals surface area contributed by atoms with Gasteiger partial charge in [0.25, 0.3) is 5.91 Å². The third kappa shape index (κ3) is 6.76. The molecular weight excluding hydrogens is 578 g/mol. The van der Waals surface area contributed by atoms with E-state index in [0.717, 1.165) is 55.0 Å². The Bertz CT molecular complexity index is 1500. The van der Waals surface area contributed by atoms with Crippen LogP contribution in [0.3, 0.4) is 0 Å². The second kappa shape index (κ2) is 13.5. The number of carbonyl (C=O) groups is 2. The molecule has 1 aromatic heterocycles. The average Bonchev–Trinajstić information content (AvgIpc) is 3.45. The topological polar surface area (TPSA) is 113 Å². The van der Waals surface area contributed by atoms with Crippen LogP contribution in [0.4, 0.5) is 9.93 Å². The number of aryl methyl sites for hydroxylation is 1. The van der Waals surface area contributed by atoms with Gasteiger partial charge in [0.2, 0.25) is 10.0 Å². The molecule has 0 unspecified atom stereocenters. The van der Waals surface area contributed by atoms with E-state index in [9.17, 15) is 18.0 Å².